The van der Waals surface area contributed by atoms with Crippen LogP contribution in [0, 0.1) is 0 Å². The summed E-state index contributed by atoms with van der Waals surface area (Å²) in [5.41, 5.74) is 0. The van der Waals surface area contributed by atoms with Crippen LogP contribution in [0.4, 0.5) is 0 Å². The van der Waals surface area contributed by atoms with Gasteiger partial charge >= 0.3 is 0 Å². The third-order valence-electron chi connectivity index (χ3n) is 2.06. The van der Waals surface area contributed by atoms with Crippen LogP contribution in [0.25, 0.3) is 0 Å². The van der Waals surface area contributed by atoms with E-state index in [9.17, 15) is 0 Å². The van der Waals surface area contributed by atoms with Crippen LogP contribution >= 0.6 is 0 Å². The highest BCUT2D eigenvalue weighted by molar-refractivity contribution is 4.60. The summed E-state index contributed by atoms with van der Waals surface area (Å²) in [6, 6.07) is 0. The van der Waals surface area contributed by atoms with Crippen LogP contribution in [0.5, 0.6) is 0 Å². The van der Waals surface area contributed by atoms with Crippen molar-refractivity contribution in [2.45, 2.75) is 0 Å². The Kier molecular flexibility index (Phi) is 17.6. The topological polar surface area (TPSA) is 108 Å². The van der Waals surface area contributed by atoms with Gasteiger partial charge in [0.15, 0.2) is 0 Å². The highest BCUT2D eigenvalue weighted by Crippen LogP contribution is 1.93. The zero-order valence-electron chi connectivity index (χ0n) is 10.5. The molecule has 0 fully saturated rings. The molecule has 0 aliphatic carbocycles. The predicted molar refractivity (Wildman–Crippen MR) is 64.5 cm³/mol. The van der Waals surface area contributed by atoms with Crippen LogP contribution in [0.15, 0.2) is 0 Å². The van der Waals surface area contributed by atoms with E-state index in [0.717, 1.165) is 7.11 Å². The fraction of sp³-hybridized carbons (Fsp3) is 1.00. The predicted octanol–water partition coefficient (Wildman–Crippen LogP) is -2.87. The third kappa shape index (κ3) is 12.0. The second-order valence-electron chi connectivity index (χ2n) is 3.27. The Morgan fingerprint density at radius 3 is 1.00 bits per heavy atom. The Balaban J connectivity index is 0. The molecule has 0 atom stereocenters. The molecule has 0 aromatic carbocycles. The van der Waals surface area contributed by atoms with Crippen molar-refractivity contribution in [3.63, 3.8) is 0 Å². The molecule has 0 saturated carbocycles. The molecule has 0 aromatic heterocycles. The molecule has 0 spiro atoms. The number of hydrogen-bond donors (Lipinski definition) is 5. The third-order valence-corrected chi connectivity index (χ3v) is 2.06. The first-order valence-electron chi connectivity index (χ1n) is 5.61. The summed E-state index contributed by atoms with van der Waals surface area (Å²) in [4.78, 5) is 3.73. The Morgan fingerprint density at radius 1 is 0.588 bits per heavy atom. The van der Waals surface area contributed by atoms with E-state index < -0.39 is 0 Å². The van der Waals surface area contributed by atoms with E-state index >= 15 is 0 Å². The van der Waals surface area contributed by atoms with Crippen LogP contribution in [0.1, 0.15) is 0 Å². The van der Waals surface area contributed by atoms with E-state index in [-0.39, 0.29) is 26.4 Å². The van der Waals surface area contributed by atoms with Crippen molar-refractivity contribution in [1.29, 1.82) is 0 Å². The smallest absolute Gasteiger partial charge is 0.0558 e. The lowest BCUT2D eigenvalue weighted by atomic mass is 10.4. The van der Waals surface area contributed by atoms with Crippen molar-refractivity contribution in [2.75, 3.05) is 66.4 Å². The second kappa shape index (κ2) is 15.7. The molecule has 17 heavy (non-hydrogen) atoms. The minimum atomic E-state index is 0.0338. The van der Waals surface area contributed by atoms with Gasteiger partial charge in [-0.1, -0.05) is 0 Å². The minimum Gasteiger partial charge on any atom is -0.400 e. The maximum absolute atomic E-state index is 8.80. The average Bonchev–Trinajstić information content (AvgIpc) is 2.33. The van der Waals surface area contributed by atoms with Gasteiger partial charge in [0.25, 0.3) is 0 Å². The molecule has 0 aromatic rings. The molecule has 0 saturated heterocycles. The molecular formula is C10H26N2O5. The van der Waals surface area contributed by atoms with Crippen molar-refractivity contribution >= 4 is 0 Å². The van der Waals surface area contributed by atoms with Gasteiger partial charge in [0.2, 0.25) is 0 Å². The molecule has 7 heteroatoms. The Bertz CT molecular complexity index is 114. The van der Waals surface area contributed by atoms with Crippen molar-refractivity contribution in [2.24, 2.45) is 0 Å². The van der Waals surface area contributed by atoms with E-state index in [2.05, 4.69) is 0 Å². The zero-order valence-corrected chi connectivity index (χ0v) is 10.5. The first-order valence-corrected chi connectivity index (χ1v) is 5.61. The summed E-state index contributed by atoms with van der Waals surface area (Å²) >= 11 is 0. The van der Waals surface area contributed by atoms with Crippen LogP contribution in [0.2, 0.25) is 0 Å². The zero-order chi connectivity index (χ0) is 13.5. The Labute approximate surface area is 103 Å². The molecule has 0 heterocycles. The standard InChI is InChI=1S/C9H22N2O4.CH4O/c12-5-1-10(2-6-13)9-11(3-7-14)4-8-15;1-2/h12-15H,1-9H2;2H,1H3. The van der Waals surface area contributed by atoms with Crippen LogP contribution in [0.3, 0.4) is 0 Å². The lowest BCUT2D eigenvalue weighted by molar-refractivity contribution is 0.0696. The largest absolute Gasteiger partial charge is 0.400 e. The summed E-state index contributed by atoms with van der Waals surface area (Å²) in [5, 5.41) is 42.2. The number of nitrogens with zero attached hydrogens (tertiary/aromatic N) is 2. The first-order chi connectivity index (χ1) is 8.28. The molecule has 106 valence electrons. The van der Waals surface area contributed by atoms with Gasteiger partial charge in [0.05, 0.1) is 33.1 Å². The molecule has 0 unspecified atom stereocenters. The highest BCUT2D eigenvalue weighted by Gasteiger charge is 2.09. The molecule has 0 bridgehead atoms. The lowest BCUT2D eigenvalue weighted by Gasteiger charge is -2.28. The number of aliphatic hydroxyl groups is 5. The monoisotopic (exact) mass is 254 g/mol. The minimum absolute atomic E-state index is 0.0338. The summed E-state index contributed by atoms with van der Waals surface area (Å²) in [6.45, 7) is 2.59. The van der Waals surface area contributed by atoms with Gasteiger partial charge in [-0.3, -0.25) is 9.80 Å². The summed E-state index contributed by atoms with van der Waals surface area (Å²) in [7, 11) is 1.00. The van der Waals surface area contributed by atoms with Crippen LogP contribution in [-0.2, 0) is 0 Å². The number of hydrogen-bond acceptors (Lipinski definition) is 7. The Hall–Kier alpha value is -0.280. The van der Waals surface area contributed by atoms with Gasteiger partial charge in [0, 0.05) is 33.3 Å². The number of aliphatic hydroxyl groups excluding tert-OH is 5. The lowest BCUT2D eigenvalue weighted by Crippen LogP contribution is -2.43. The molecule has 0 aliphatic rings. The molecule has 5 N–H and O–H groups in total. The summed E-state index contributed by atoms with van der Waals surface area (Å²) in [5.74, 6) is 0. The maximum Gasteiger partial charge on any atom is 0.0558 e. The van der Waals surface area contributed by atoms with Crippen LogP contribution in [-0.4, -0.2) is 102 Å². The first kappa shape index (κ1) is 19.1. The van der Waals surface area contributed by atoms with E-state index in [1.807, 2.05) is 9.80 Å². The van der Waals surface area contributed by atoms with Crippen molar-refractivity contribution in [1.82, 2.24) is 9.80 Å². The molecule has 0 radical (unpaired) electrons. The normalized spacial score (nSPS) is 10.6. The van der Waals surface area contributed by atoms with E-state index in [1.54, 1.807) is 0 Å². The van der Waals surface area contributed by atoms with Gasteiger partial charge in [-0.2, -0.15) is 0 Å². The van der Waals surface area contributed by atoms with Crippen molar-refractivity contribution < 1.29 is 25.5 Å². The SMILES string of the molecule is CO.OCCN(CCO)CN(CCO)CCO. The summed E-state index contributed by atoms with van der Waals surface area (Å²) in [6.07, 6.45) is 0. The summed E-state index contributed by atoms with van der Waals surface area (Å²) < 4.78 is 0. The average molecular weight is 254 g/mol. The second-order valence-corrected chi connectivity index (χ2v) is 3.27. The Morgan fingerprint density at radius 2 is 0.824 bits per heavy atom. The van der Waals surface area contributed by atoms with Gasteiger partial charge in [0.1, 0.15) is 0 Å². The van der Waals surface area contributed by atoms with Crippen molar-refractivity contribution in [3.05, 3.63) is 0 Å². The van der Waals surface area contributed by atoms with Crippen LogP contribution < -0.4 is 0 Å². The van der Waals surface area contributed by atoms with Crippen molar-refractivity contribution in [3.8, 4) is 0 Å². The molecular weight excluding hydrogens is 228 g/mol. The fourth-order valence-corrected chi connectivity index (χ4v) is 1.35. The van der Waals surface area contributed by atoms with Gasteiger partial charge in [-0.25, -0.2) is 0 Å². The van der Waals surface area contributed by atoms with Gasteiger partial charge in [-0.15, -0.1) is 0 Å². The van der Waals surface area contributed by atoms with Gasteiger partial charge < -0.3 is 25.5 Å². The van der Waals surface area contributed by atoms with E-state index in [0.29, 0.717) is 32.8 Å². The molecule has 0 rings (SSSR count). The maximum atomic E-state index is 8.80. The molecule has 7 nitrogen and oxygen atoms in total. The van der Waals surface area contributed by atoms with E-state index in [1.165, 1.54) is 0 Å². The number of rotatable bonds is 10. The molecule has 0 aliphatic heterocycles. The van der Waals surface area contributed by atoms with E-state index in [4.69, 9.17) is 25.5 Å². The quantitative estimate of drug-likeness (QED) is 0.267. The van der Waals surface area contributed by atoms with Gasteiger partial charge in [-0.05, 0) is 0 Å². The fourth-order valence-electron chi connectivity index (χ4n) is 1.35. The molecule has 0 amide bonds. The highest BCUT2D eigenvalue weighted by atomic mass is 16.3.